The van der Waals surface area contributed by atoms with E-state index < -0.39 is 0 Å². The molecule has 1 fully saturated rings. The van der Waals surface area contributed by atoms with Crippen LogP contribution in [-0.2, 0) is 25.9 Å². The van der Waals surface area contributed by atoms with Crippen molar-refractivity contribution in [1.29, 1.82) is 0 Å². The van der Waals surface area contributed by atoms with Crippen molar-refractivity contribution in [2.75, 3.05) is 26.7 Å². The van der Waals surface area contributed by atoms with Gasteiger partial charge in [0.25, 0.3) is 5.56 Å². The number of carbonyl (C=O) groups excluding carboxylic acids is 1. The zero-order chi connectivity index (χ0) is 21.4. The maximum absolute atomic E-state index is 13.3. The molecule has 0 aliphatic carbocycles. The number of thiophene rings is 1. The van der Waals surface area contributed by atoms with E-state index in [1.54, 1.807) is 29.3 Å². The Morgan fingerprint density at radius 3 is 2.77 bits per heavy atom. The molecule has 162 valence electrons. The predicted molar refractivity (Wildman–Crippen MR) is 121 cm³/mol. The van der Waals surface area contributed by atoms with Crippen LogP contribution in [0.2, 0.25) is 0 Å². The van der Waals surface area contributed by atoms with E-state index in [-0.39, 0.29) is 11.6 Å². The van der Waals surface area contributed by atoms with Crippen LogP contribution in [0.25, 0.3) is 10.2 Å². The molecular weight excluding hydrogens is 412 g/mol. The highest BCUT2D eigenvalue weighted by Crippen LogP contribution is 2.33. The first kappa shape index (κ1) is 20.1. The molecule has 5 rings (SSSR count). The zero-order valence-electron chi connectivity index (χ0n) is 17.7. The number of aryl methyl sites for hydroxylation is 2. The molecule has 1 saturated heterocycles. The number of hydrogen-bond acceptors (Lipinski definition) is 5. The average Bonchev–Trinajstić information content (AvgIpc) is 3.46. The second-order valence-electron chi connectivity index (χ2n) is 8.14. The Labute approximate surface area is 184 Å². The number of nitrogens with zero attached hydrogens (tertiary/aromatic N) is 4. The van der Waals surface area contributed by atoms with Crippen molar-refractivity contribution in [1.82, 2.24) is 19.4 Å². The van der Waals surface area contributed by atoms with Gasteiger partial charge in [-0.15, -0.1) is 11.3 Å². The van der Waals surface area contributed by atoms with Crippen LogP contribution in [0.4, 0.5) is 4.79 Å². The van der Waals surface area contributed by atoms with Gasteiger partial charge in [-0.1, -0.05) is 18.2 Å². The Kier molecular flexibility index (Phi) is 5.40. The van der Waals surface area contributed by atoms with Crippen molar-refractivity contribution < 1.29 is 9.53 Å². The number of hydrogen-bond donors (Lipinski definition) is 0. The molecule has 7 nitrogen and oxygen atoms in total. The van der Waals surface area contributed by atoms with Crippen LogP contribution < -0.4 is 10.3 Å². The molecule has 0 unspecified atom stereocenters. The Morgan fingerprint density at radius 1 is 1.16 bits per heavy atom. The van der Waals surface area contributed by atoms with Gasteiger partial charge in [-0.25, -0.2) is 9.78 Å². The number of urea groups is 1. The summed E-state index contributed by atoms with van der Waals surface area (Å²) in [6.07, 6.45) is 5.23. The van der Waals surface area contributed by atoms with Gasteiger partial charge in [0.1, 0.15) is 10.6 Å². The number of fused-ring (bicyclic) bond motifs is 3. The van der Waals surface area contributed by atoms with Gasteiger partial charge >= 0.3 is 6.03 Å². The first-order valence-corrected chi connectivity index (χ1v) is 11.6. The van der Waals surface area contributed by atoms with Gasteiger partial charge in [-0.2, -0.15) is 0 Å². The van der Waals surface area contributed by atoms with E-state index in [2.05, 4.69) is 4.98 Å². The van der Waals surface area contributed by atoms with E-state index in [1.165, 1.54) is 0 Å². The van der Waals surface area contributed by atoms with Crippen LogP contribution in [0.15, 0.2) is 35.4 Å². The van der Waals surface area contributed by atoms with Crippen LogP contribution in [0, 0.1) is 0 Å². The van der Waals surface area contributed by atoms with Gasteiger partial charge in [-0.05, 0) is 42.9 Å². The summed E-state index contributed by atoms with van der Waals surface area (Å²) >= 11 is 1.55. The van der Waals surface area contributed by atoms with Crippen molar-refractivity contribution >= 4 is 27.6 Å². The molecule has 2 amide bonds. The molecule has 4 heterocycles. The highest BCUT2D eigenvalue weighted by Gasteiger charge is 2.29. The van der Waals surface area contributed by atoms with E-state index in [0.29, 0.717) is 32.5 Å². The van der Waals surface area contributed by atoms with E-state index in [1.807, 2.05) is 34.1 Å². The second-order valence-corrected chi connectivity index (χ2v) is 9.22. The number of likely N-dealkylation sites (tertiary alicyclic amines) is 1. The van der Waals surface area contributed by atoms with E-state index in [9.17, 15) is 9.59 Å². The number of carbonyl (C=O) groups is 1. The third kappa shape index (κ3) is 3.69. The van der Waals surface area contributed by atoms with Crippen LogP contribution in [0.1, 0.15) is 28.8 Å². The minimum Gasteiger partial charge on any atom is -0.496 e. The molecule has 0 radical (unpaired) electrons. The average molecular weight is 439 g/mol. The SMILES string of the molecule is COc1ccccc1CCn1cnc2sc3c(c2c1=O)CCN(C(=O)N1CCCC1)C3. The van der Waals surface area contributed by atoms with Crippen LogP contribution in [-0.4, -0.2) is 52.1 Å². The molecule has 2 aliphatic heterocycles. The standard InChI is InChI=1S/C23H26N4O3S/c1-30-18-7-3-2-6-16(18)8-12-27-15-24-21-20(22(27)28)17-9-13-26(14-19(17)31-21)23(29)25-10-4-5-11-25/h2-3,6-7,15H,4-5,8-14H2,1H3. The molecule has 2 aromatic heterocycles. The largest absolute Gasteiger partial charge is 0.496 e. The minimum absolute atomic E-state index is 0.0108. The summed E-state index contributed by atoms with van der Waals surface area (Å²) in [5.74, 6) is 0.834. The van der Waals surface area contributed by atoms with E-state index in [0.717, 1.165) is 57.9 Å². The summed E-state index contributed by atoms with van der Waals surface area (Å²) in [4.78, 5) is 36.4. The van der Waals surface area contributed by atoms with Gasteiger partial charge in [0.15, 0.2) is 0 Å². The number of methoxy groups -OCH3 is 1. The molecule has 0 N–H and O–H groups in total. The van der Waals surface area contributed by atoms with Crippen molar-refractivity contribution in [3.8, 4) is 5.75 Å². The number of benzene rings is 1. The molecule has 0 atom stereocenters. The normalized spacial score (nSPS) is 16.0. The maximum Gasteiger partial charge on any atom is 0.320 e. The third-order valence-electron chi connectivity index (χ3n) is 6.29. The summed E-state index contributed by atoms with van der Waals surface area (Å²) in [5.41, 5.74) is 2.16. The van der Waals surface area contributed by atoms with Gasteiger partial charge in [0, 0.05) is 31.1 Å². The molecular formula is C23H26N4O3S. The number of aromatic nitrogens is 2. The number of amides is 2. The van der Waals surface area contributed by atoms with Gasteiger partial charge in [0.05, 0.1) is 25.4 Å². The fourth-order valence-electron chi connectivity index (χ4n) is 4.60. The monoisotopic (exact) mass is 438 g/mol. The molecule has 0 saturated carbocycles. The Morgan fingerprint density at radius 2 is 1.97 bits per heavy atom. The summed E-state index contributed by atoms with van der Waals surface area (Å²) in [6, 6.07) is 8.00. The molecule has 1 aromatic carbocycles. The first-order chi connectivity index (χ1) is 15.2. The van der Waals surface area contributed by atoms with Gasteiger partial charge in [0.2, 0.25) is 0 Å². The quantitative estimate of drug-likeness (QED) is 0.627. The molecule has 8 heteroatoms. The van der Waals surface area contributed by atoms with Crippen molar-refractivity contribution in [2.45, 2.75) is 38.8 Å². The smallest absolute Gasteiger partial charge is 0.320 e. The number of para-hydroxylation sites is 1. The van der Waals surface area contributed by atoms with Crippen LogP contribution in [0.5, 0.6) is 5.75 Å². The van der Waals surface area contributed by atoms with E-state index in [4.69, 9.17) is 4.74 Å². The lowest BCUT2D eigenvalue weighted by atomic mass is 10.1. The Bertz CT molecular complexity index is 1180. The molecule has 31 heavy (non-hydrogen) atoms. The first-order valence-electron chi connectivity index (χ1n) is 10.8. The molecule has 0 spiro atoms. The number of ether oxygens (including phenoxy) is 1. The summed E-state index contributed by atoms with van der Waals surface area (Å²) in [7, 11) is 1.66. The van der Waals surface area contributed by atoms with E-state index >= 15 is 0 Å². The van der Waals surface area contributed by atoms with Gasteiger partial charge < -0.3 is 14.5 Å². The van der Waals surface area contributed by atoms with Crippen molar-refractivity contribution in [3.63, 3.8) is 0 Å². The van der Waals surface area contributed by atoms with Gasteiger partial charge in [-0.3, -0.25) is 9.36 Å². The molecule has 3 aromatic rings. The highest BCUT2D eigenvalue weighted by molar-refractivity contribution is 7.18. The Hall–Kier alpha value is -2.87. The maximum atomic E-state index is 13.3. The molecule has 0 bridgehead atoms. The summed E-state index contributed by atoms with van der Waals surface area (Å²) < 4.78 is 7.12. The summed E-state index contributed by atoms with van der Waals surface area (Å²) in [6.45, 7) is 3.49. The lowest BCUT2D eigenvalue weighted by Crippen LogP contribution is -2.43. The van der Waals surface area contributed by atoms with Crippen LogP contribution >= 0.6 is 11.3 Å². The summed E-state index contributed by atoms with van der Waals surface area (Å²) in [5, 5.41) is 0.732. The molecule has 2 aliphatic rings. The highest BCUT2D eigenvalue weighted by atomic mass is 32.1. The second kappa shape index (κ2) is 8.34. The van der Waals surface area contributed by atoms with Crippen molar-refractivity contribution in [2.24, 2.45) is 0 Å². The lowest BCUT2D eigenvalue weighted by Gasteiger charge is -2.30. The van der Waals surface area contributed by atoms with Crippen LogP contribution in [0.3, 0.4) is 0 Å². The minimum atomic E-state index is 0.0108. The fraction of sp³-hybridized carbons (Fsp3) is 0.435. The zero-order valence-corrected chi connectivity index (χ0v) is 18.5. The topological polar surface area (TPSA) is 67.7 Å². The fourth-order valence-corrected chi connectivity index (χ4v) is 5.79. The predicted octanol–water partition coefficient (Wildman–Crippen LogP) is 3.28. The van der Waals surface area contributed by atoms with Crippen molar-refractivity contribution in [3.05, 3.63) is 57.0 Å². The lowest BCUT2D eigenvalue weighted by molar-refractivity contribution is 0.158. The number of rotatable bonds is 4. The third-order valence-corrected chi connectivity index (χ3v) is 7.41. The Balaban J connectivity index is 1.39.